The van der Waals surface area contributed by atoms with Crippen LogP contribution in [0.15, 0.2) is 0 Å². The Labute approximate surface area is 57.9 Å². The quantitative estimate of drug-likeness (QED) is 0.526. The Hall–Kier alpha value is -0.280. The van der Waals surface area contributed by atoms with E-state index in [1.54, 1.807) is 0 Å². The van der Waals surface area contributed by atoms with Crippen LogP contribution in [0.5, 0.6) is 0 Å². The van der Waals surface area contributed by atoms with Gasteiger partial charge in [-0.05, 0) is 0 Å². The highest BCUT2D eigenvalue weighted by atomic mass is 35.5. The molecule has 0 aromatic rings. The molecule has 1 atom stereocenters. The summed E-state index contributed by atoms with van der Waals surface area (Å²) in [4.78, 5) is 10.1. The molecule has 0 aliphatic carbocycles. The monoisotopic (exact) mass is 150 g/mol. The van der Waals surface area contributed by atoms with Gasteiger partial charge in [0.15, 0.2) is 0 Å². The predicted molar refractivity (Wildman–Crippen MR) is 31.6 cm³/mol. The normalized spacial score (nSPS) is 26.1. The fourth-order valence-corrected chi connectivity index (χ4v) is 0.863. The van der Waals surface area contributed by atoms with Crippen LogP contribution >= 0.6 is 11.6 Å². The second kappa shape index (κ2) is 3.03. The summed E-state index contributed by atoms with van der Waals surface area (Å²) in [6, 6.07) is 0. The molecule has 52 valence electrons. The van der Waals surface area contributed by atoms with E-state index in [9.17, 15) is 4.79 Å². The van der Waals surface area contributed by atoms with Crippen molar-refractivity contribution >= 4 is 17.0 Å². The van der Waals surface area contributed by atoms with Crippen molar-refractivity contribution in [1.82, 2.24) is 0 Å². The van der Waals surface area contributed by atoms with Gasteiger partial charge in [0.1, 0.15) is 6.10 Å². The summed E-state index contributed by atoms with van der Waals surface area (Å²) in [5.41, 5.74) is -0.745. The first kappa shape index (κ1) is 6.83. The van der Waals surface area contributed by atoms with Crippen LogP contribution in [0.3, 0.4) is 0 Å². The standard InChI is InChI=1S/C5H7ClO3/c6-5(7)9-4-1-2-8-3-4/h4H,1-3H2. The molecule has 1 unspecified atom stereocenters. The number of ether oxygens (including phenoxy) is 2. The highest BCUT2D eigenvalue weighted by Gasteiger charge is 2.18. The van der Waals surface area contributed by atoms with Crippen molar-refractivity contribution in [2.75, 3.05) is 13.2 Å². The van der Waals surface area contributed by atoms with Crippen LogP contribution in [0.1, 0.15) is 6.42 Å². The number of hydrogen-bond acceptors (Lipinski definition) is 3. The number of carbonyl (C=O) groups is 1. The second-order valence-corrected chi connectivity index (χ2v) is 2.15. The van der Waals surface area contributed by atoms with E-state index in [4.69, 9.17) is 16.3 Å². The van der Waals surface area contributed by atoms with E-state index < -0.39 is 5.43 Å². The molecule has 0 aromatic carbocycles. The summed E-state index contributed by atoms with van der Waals surface area (Å²) in [5, 5.41) is 0. The smallest absolute Gasteiger partial charge is 0.404 e. The Morgan fingerprint density at radius 1 is 1.78 bits per heavy atom. The van der Waals surface area contributed by atoms with E-state index in [0.29, 0.717) is 13.2 Å². The Bertz CT molecular complexity index is 109. The van der Waals surface area contributed by atoms with Gasteiger partial charge in [-0.15, -0.1) is 0 Å². The first-order chi connectivity index (χ1) is 4.29. The van der Waals surface area contributed by atoms with E-state index in [1.807, 2.05) is 0 Å². The maximum Gasteiger partial charge on any atom is 0.404 e. The Morgan fingerprint density at radius 3 is 3.00 bits per heavy atom. The van der Waals surface area contributed by atoms with Crippen molar-refractivity contribution in [3.05, 3.63) is 0 Å². The summed E-state index contributed by atoms with van der Waals surface area (Å²) >= 11 is 4.94. The van der Waals surface area contributed by atoms with Crippen LogP contribution in [-0.4, -0.2) is 24.7 Å². The molecule has 9 heavy (non-hydrogen) atoms. The zero-order valence-electron chi connectivity index (χ0n) is 4.80. The van der Waals surface area contributed by atoms with Gasteiger partial charge in [-0.2, -0.15) is 0 Å². The minimum absolute atomic E-state index is 0.116. The molecule has 0 bridgehead atoms. The van der Waals surface area contributed by atoms with Gasteiger partial charge < -0.3 is 9.47 Å². The third-order valence-corrected chi connectivity index (χ3v) is 1.24. The van der Waals surface area contributed by atoms with Crippen LogP contribution in [0.4, 0.5) is 4.79 Å². The van der Waals surface area contributed by atoms with Gasteiger partial charge in [0.25, 0.3) is 0 Å². The van der Waals surface area contributed by atoms with Crippen molar-refractivity contribution in [2.45, 2.75) is 12.5 Å². The maximum absolute atomic E-state index is 10.1. The lowest BCUT2D eigenvalue weighted by Gasteiger charge is -2.04. The topological polar surface area (TPSA) is 35.5 Å². The molecule has 4 heteroatoms. The predicted octanol–water partition coefficient (Wildman–Crippen LogP) is 1.15. The fourth-order valence-electron chi connectivity index (χ4n) is 0.737. The van der Waals surface area contributed by atoms with Gasteiger partial charge in [0.05, 0.1) is 13.2 Å². The number of rotatable bonds is 1. The summed E-state index contributed by atoms with van der Waals surface area (Å²) in [6.45, 7) is 1.15. The second-order valence-electron chi connectivity index (χ2n) is 1.84. The molecule has 3 nitrogen and oxygen atoms in total. The average molecular weight is 151 g/mol. The number of hydrogen-bond donors (Lipinski definition) is 0. The fraction of sp³-hybridized carbons (Fsp3) is 0.800. The zero-order chi connectivity index (χ0) is 6.69. The molecule has 0 saturated carbocycles. The lowest BCUT2D eigenvalue weighted by molar-refractivity contribution is 0.101. The van der Waals surface area contributed by atoms with E-state index >= 15 is 0 Å². The first-order valence-electron chi connectivity index (χ1n) is 2.73. The van der Waals surface area contributed by atoms with E-state index in [1.165, 1.54) is 0 Å². The highest BCUT2D eigenvalue weighted by molar-refractivity contribution is 6.61. The van der Waals surface area contributed by atoms with E-state index in [0.717, 1.165) is 6.42 Å². The molecule has 1 aliphatic heterocycles. The lowest BCUT2D eigenvalue weighted by atomic mass is 10.3. The summed E-state index contributed by atoms with van der Waals surface area (Å²) in [7, 11) is 0. The van der Waals surface area contributed by atoms with E-state index in [-0.39, 0.29) is 6.10 Å². The molecule has 0 spiro atoms. The summed E-state index contributed by atoms with van der Waals surface area (Å²) < 4.78 is 9.53. The van der Waals surface area contributed by atoms with Crippen molar-refractivity contribution < 1.29 is 14.3 Å². The van der Waals surface area contributed by atoms with Gasteiger partial charge in [0, 0.05) is 18.0 Å². The SMILES string of the molecule is O=C(Cl)OC1CCOC1. The van der Waals surface area contributed by atoms with Gasteiger partial charge in [-0.25, -0.2) is 4.79 Å². The Kier molecular flexibility index (Phi) is 2.30. The Balaban J connectivity index is 2.19. The maximum atomic E-state index is 10.1. The van der Waals surface area contributed by atoms with Crippen LogP contribution < -0.4 is 0 Å². The number of halogens is 1. The number of carbonyl (C=O) groups excluding carboxylic acids is 1. The first-order valence-corrected chi connectivity index (χ1v) is 3.10. The van der Waals surface area contributed by atoms with Crippen molar-refractivity contribution in [1.29, 1.82) is 0 Å². The summed E-state index contributed by atoms with van der Waals surface area (Å²) in [6.07, 6.45) is 0.647. The molecule has 0 amide bonds. The third kappa shape index (κ3) is 2.20. The molecule has 0 aromatic heterocycles. The van der Waals surface area contributed by atoms with Gasteiger partial charge >= 0.3 is 5.43 Å². The minimum atomic E-state index is -0.745. The molecule has 1 fully saturated rings. The average Bonchev–Trinajstić information content (AvgIpc) is 2.15. The van der Waals surface area contributed by atoms with Crippen molar-refractivity contribution in [2.24, 2.45) is 0 Å². The largest absolute Gasteiger partial charge is 0.448 e. The molecule has 1 rings (SSSR count). The van der Waals surface area contributed by atoms with Crippen molar-refractivity contribution in [3.63, 3.8) is 0 Å². The van der Waals surface area contributed by atoms with Crippen LogP contribution in [0.2, 0.25) is 0 Å². The van der Waals surface area contributed by atoms with Gasteiger partial charge in [-0.1, -0.05) is 0 Å². The van der Waals surface area contributed by atoms with Crippen LogP contribution in [0.25, 0.3) is 0 Å². The highest BCUT2D eigenvalue weighted by Crippen LogP contribution is 2.09. The van der Waals surface area contributed by atoms with Crippen LogP contribution in [0, 0.1) is 0 Å². The lowest BCUT2D eigenvalue weighted by Crippen LogP contribution is -2.13. The molecule has 0 N–H and O–H groups in total. The van der Waals surface area contributed by atoms with E-state index in [2.05, 4.69) is 4.74 Å². The third-order valence-electron chi connectivity index (χ3n) is 1.15. The van der Waals surface area contributed by atoms with Crippen LogP contribution in [-0.2, 0) is 9.47 Å². The molecular weight excluding hydrogens is 144 g/mol. The summed E-state index contributed by atoms with van der Waals surface area (Å²) in [5.74, 6) is 0. The molecule has 1 heterocycles. The molecule has 0 radical (unpaired) electrons. The van der Waals surface area contributed by atoms with Gasteiger partial charge in [0.2, 0.25) is 0 Å². The molecular formula is C5H7ClO3. The molecule has 1 aliphatic rings. The molecule has 1 saturated heterocycles. The minimum Gasteiger partial charge on any atom is -0.448 e. The van der Waals surface area contributed by atoms with Gasteiger partial charge in [-0.3, -0.25) is 0 Å². The zero-order valence-corrected chi connectivity index (χ0v) is 5.56. The Morgan fingerprint density at radius 2 is 2.56 bits per heavy atom. The van der Waals surface area contributed by atoms with Crippen molar-refractivity contribution in [3.8, 4) is 0 Å².